The lowest BCUT2D eigenvalue weighted by atomic mass is 9.95. The van der Waals surface area contributed by atoms with Crippen LogP contribution in [-0.2, 0) is 16.0 Å². The molecule has 1 amide bonds. The summed E-state index contributed by atoms with van der Waals surface area (Å²) in [5, 5.41) is 11.6. The summed E-state index contributed by atoms with van der Waals surface area (Å²) in [7, 11) is 0. The van der Waals surface area contributed by atoms with Crippen molar-refractivity contribution in [1.29, 1.82) is 0 Å². The normalized spacial score (nSPS) is 17.2. The van der Waals surface area contributed by atoms with Crippen LogP contribution in [0.1, 0.15) is 43.5 Å². The van der Waals surface area contributed by atoms with E-state index in [-0.39, 0.29) is 23.0 Å². The van der Waals surface area contributed by atoms with Gasteiger partial charge in [-0.25, -0.2) is 9.37 Å². The number of Topliss-reactive ketones (excluding diaryl/α,β-unsaturated/α-hetero) is 1. The Morgan fingerprint density at radius 3 is 2.43 bits per heavy atom. The molecule has 1 aliphatic heterocycles. The van der Waals surface area contributed by atoms with Crippen molar-refractivity contribution >= 4 is 44.1 Å². The molecule has 1 aromatic heterocycles. The first-order valence-corrected chi connectivity index (χ1v) is 12.8. The molecule has 1 saturated heterocycles. The number of hydrogen-bond acceptors (Lipinski definition) is 6. The highest BCUT2D eigenvalue weighted by Crippen LogP contribution is 2.44. The van der Waals surface area contributed by atoms with Crippen LogP contribution in [0.2, 0.25) is 0 Å². The predicted molar refractivity (Wildman–Crippen MR) is 142 cm³/mol. The maximum absolute atomic E-state index is 13.5. The molecule has 0 unspecified atom stereocenters. The maximum atomic E-state index is 13.5. The van der Waals surface area contributed by atoms with Gasteiger partial charge < -0.3 is 9.84 Å². The molecule has 0 spiro atoms. The summed E-state index contributed by atoms with van der Waals surface area (Å²) in [6, 6.07) is 17.2. The van der Waals surface area contributed by atoms with E-state index in [1.165, 1.54) is 40.5 Å². The number of rotatable bonds is 6. The molecule has 188 valence electrons. The number of aromatic nitrogens is 1. The molecule has 1 N–H and O–H groups in total. The number of carbonyl (C=O) groups excluding carboxylic acids is 2. The Morgan fingerprint density at radius 1 is 1.08 bits per heavy atom. The van der Waals surface area contributed by atoms with E-state index in [0.717, 1.165) is 22.2 Å². The fraction of sp³-hybridized carbons (Fsp3) is 0.207. The van der Waals surface area contributed by atoms with Gasteiger partial charge in [-0.2, -0.15) is 0 Å². The number of ether oxygens (including phenoxy) is 1. The smallest absolute Gasteiger partial charge is 0.301 e. The number of carbonyl (C=O) groups is 2. The van der Waals surface area contributed by atoms with E-state index in [4.69, 9.17) is 4.74 Å². The molecule has 3 aromatic carbocycles. The standard InChI is InChI=1S/C29H25FN2O4S/c1-4-17-5-14-22-23(15-17)37-29(31-22)32-25(18-8-12-21(13-9-18)36-16(2)3)24(27(34)28(32)35)26(33)19-6-10-20(30)11-7-19/h5-16,25,33H,4H2,1-3H3/b26-24+/t25-/m1/s1. The van der Waals surface area contributed by atoms with Crippen molar-refractivity contribution < 1.29 is 23.8 Å². The third kappa shape index (κ3) is 4.60. The highest BCUT2D eigenvalue weighted by atomic mass is 32.1. The van der Waals surface area contributed by atoms with Gasteiger partial charge in [-0.05, 0) is 79.9 Å². The predicted octanol–water partition coefficient (Wildman–Crippen LogP) is 6.41. The minimum absolute atomic E-state index is 0.0225. The van der Waals surface area contributed by atoms with E-state index in [9.17, 15) is 19.1 Å². The van der Waals surface area contributed by atoms with E-state index >= 15 is 0 Å². The zero-order valence-corrected chi connectivity index (χ0v) is 21.4. The average molecular weight is 517 g/mol. The van der Waals surface area contributed by atoms with Crippen LogP contribution in [0.5, 0.6) is 5.75 Å². The first kappa shape index (κ1) is 24.6. The molecule has 37 heavy (non-hydrogen) atoms. The number of benzene rings is 3. The van der Waals surface area contributed by atoms with Gasteiger partial charge in [0, 0.05) is 5.56 Å². The number of aliphatic hydroxyl groups is 1. The minimum atomic E-state index is -0.927. The quantitative estimate of drug-likeness (QED) is 0.182. The number of aliphatic hydroxyl groups excluding tert-OH is 1. The number of hydrogen-bond donors (Lipinski definition) is 1. The lowest BCUT2D eigenvalue weighted by Gasteiger charge is -2.23. The molecule has 1 aliphatic rings. The van der Waals surface area contributed by atoms with Crippen molar-refractivity contribution in [3.05, 3.63) is 94.8 Å². The second-order valence-corrected chi connectivity index (χ2v) is 10.1. The molecule has 0 saturated carbocycles. The van der Waals surface area contributed by atoms with Crippen molar-refractivity contribution in [1.82, 2.24) is 4.98 Å². The van der Waals surface area contributed by atoms with Crippen LogP contribution in [0.15, 0.2) is 72.3 Å². The topological polar surface area (TPSA) is 79.7 Å². The van der Waals surface area contributed by atoms with Crippen LogP contribution in [0, 0.1) is 5.82 Å². The fourth-order valence-corrected chi connectivity index (χ4v) is 5.45. The van der Waals surface area contributed by atoms with Crippen molar-refractivity contribution in [3.63, 3.8) is 0 Å². The van der Waals surface area contributed by atoms with Crippen molar-refractivity contribution in [2.24, 2.45) is 0 Å². The summed E-state index contributed by atoms with van der Waals surface area (Å²) >= 11 is 1.31. The Morgan fingerprint density at radius 2 is 1.78 bits per heavy atom. The van der Waals surface area contributed by atoms with Crippen LogP contribution < -0.4 is 9.64 Å². The Hall–Kier alpha value is -4.04. The Labute approximate surface area is 217 Å². The van der Waals surface area contributed by atoms with E-state index in [1.807, 2.05) is 32.0 Å². The van der Waals surface area contributed by atoms with E-state index in [0.29, 0.717) is 16.4 Å². The lowest BCUT2D eigenvalue weighted by molar-refractivity contribution is -0.132. The van der Waals surface area contributed by atoms with E-state index in [2.05, 4.69) is 11.9 Å². The van der Waals surface area contributed by atoms with Crippen LogP contribution in [-0.4, -0.2) is 27.9 Å². The molecule has 4 aromatic rings. The maximum Gasteiger partial charge on any atom is 0.301 e. The third-order valence-corrected chi connectivity index (χ3v) is 7.20. The van der Waals surface area contributed by atoms with Crippen molar-refractivity contribution in [2.75, 3.05) is 4.90 Å². The summed E-state index contributed by atoms with van der Waals surface area (Å²) in [6.45, 7) is 5.90. The van der Waals surface area contributed by atoms with Crippen molar-refractivity contribution in [3.8, 4) is 5.75 Å². The third-order valence-electron chi connectivity index (χ3n) is 6.19. The number of ketones is 1. The van der Waals surface area contributed by atoms with E-state index in [1.54, 1.807) is 24.3 Å². The first-order valence-electron chi connectivity index (χ1n) is 12.0. The number of amides is 1. The number of fused-ring (bicyclic) bond motifs is 1. The van der Waals surface area contributed by atoms with Crippen LogP contribution in [0.3, 0.4) is 0 Å². The van der Waals surface area contributed by atoms with Crippen molar-refractivity contribution in [2.45, 2.75) is 39.3 Å². The molecule has 8 heteroatoms. The summed E-state index contributed by atoms with van der Waals surface area (Å²) in [5.74, 6) is -1.83. The van der Waals surface area contributed by atoms with Gasteiger partial charge in [-0.1, -0.05) is 36.5 Å². The second kappa shape index (κ2) is 9.78. The minimum Gasteiger partial charge on any atom is -0.507 e. The van der Waals surface area contributed by atoms with Gasteiger partial charge >= 0.3 is 5.91 Å². The Kier molecular flexibility index (Phi) is 6.52. The number of halogens is 1. The average Bonchev–Trinajstić information content (AvgIpc) is 3.41. The zero-order valence-electron chi connectivity index (χ0n) is 20.6. The monoisotopic (exact) mass is 516 g/mol. The molecular weight excluding hydrogens is 491 g/mol. The van der Waals surface area contributed by atoms with Gasteiger partial charge in [0.1, 0.15) is 17.3 Å². The number of thiazole rings is 1. The molecule has 0 bridgehead atoms. The van der Waals surface area contributed by atoms with Crippen LogP contribution in [0.4, 0.5) is 9.52 Å². The summed E-state index contributed by atoms with van der Waals surface area (Å²) < 4.78 is 20.2. The van der Waals surface area contributed by atoms with Gasteiger partial charge in [-0.15, -0.1) is 0 Å². The number of nitrogens with zero attached hydrogens (tertiary/aromatic N) is 2. The molecule has 0 radical (unpaired) electrons. The molecule has 5 rings (SSSR count). The Balaban J connectivity index is 1.68. The van der Waals surface area contributed by atoms with Crippen LogP contribution >= 0.6 is 11.3 Å². The van der Waals surface area contributed by atoms with Gasteiger partial charge in [-0.3, -0.25) is 14.5 Å². The first-order chi connectivity index (χ1) is 17.8. The van der Waals surface area contributed by atoms with E-state index < -0.39 is 23.5 Å². The fourth-order valence-electron chi connectivity index (χ4n) is 4.39. The highest BCUT2D eigenvalue weighted by molar-refractivity contribution is 7.22. The number of aryl methyl sites for hydroxylation is 1. The molecule has 1 fully saturated rings. The van der Waals surface area contributed by atoms with Gasteiger partial charge in [0.05, 0.1) is 27.9 Å². The molecular formula is C29H25FN2O4S. The lowest BCUT2D eigenvalue weighted by Crippen LogP contribution is -2.29. The molecule has 1 atom stereocenters. The largest absolute Gasteiger partial charge is 0.507 e. The Bertz CT molecular complexity index is 1520. The van der Waals surface area contributed by atoms with Crippen LogP contribution in [0.25, 0.3) is 16.0 Å². The zero-order chi connectivity index (χ0) is 26.3. The van der Waals surface area contributed by atoms with Gasteiger partial charge in [0.25, 0.3) is 5.78 Å². The molecule has 6 nitrogen and oxygen atoms in total. The van der Waals surface area contributed by atoms with Gasteiger partial charge in [0.15, 0.2) is 5.13 Å². The summed E-state index contributed by atoms with van der Waals surface area (Å²) in [6.07, 6.45) is 0.835. The SMILES string of the molecule is CCc1ccc2nc(N3C(=O)C(=O)/C(=C(/O)c4ccc(F)cc4)[C@H]3c3ccc(OC(C)C)cc3)sc2c1. The summed E-state index contributed by atoms with van der Waals surface area (Å²) in [5.41, 5.74) is 2.62. The molecule has 0 aliphatic carbocycles. The number of anilines is 1. The second-order valence-electron chi connectivity index (χ2n) is 9.06. The summed E-state index contributed by atoms with van der Waals surface area (Å²) in [4.78, 5) is 32.8. The van der Waals surface area contributed by atoms with Gasteiger partial charge in [0.2, 0.25) is 0 Å². The highest BCUT2D eigenvalue weighted by Gasteiger charge is 2.48. The molecule has 2 heterocycles.